The Labute approximate surface area is 127 Å². The fourth-order valence-corrected chi connectivity index (χ4v) is 2.28. The number of hydrogen-bond donors (Lipinski definition) is 1. The van der Waals surface area contributed by atoms with Crippen LogP contribution in [0.3, 0.4) is 0 Å². The number of anilines is 1. The second-order valence-electron chi connectivity index (χ2n) is 6.41. The first-order chi connectivity index (χ1) is 9.91. The summed E-state index contributed by atoms with van der Waals surface area (Å²) >= 11 is 0. The van der Waals surface area contributed by atoms with Crippen molar-refractivity contribution in [2.45, 2.75) is 39.7 Å². The lowest BCUT2D eigenvalue weighted by Gasteiger charge is -2.19. The van der Waals surface area contributed by atoms with Gasteiger partial charge in [0.2, 0.25) is 0 Å². The summed E-state index contributed by atoms with van der Waals surface area (Å²) in [5.74, 6) is 0. The van der Waals surface area contributed by atoms with Gasteiger partial charge in [0.1, 0.15) is 6.07 Å². The van der Waals surface area contributed by atoms with Gasteiger partial charge in [-0.1, -0.05) is 57.2 Å². The fourth-order valence-electron chi connectivity index (χ4n) is 2.28. The first-order valence-electron chi connectivity index (χ1n) is 7.25. The molecule has 2 aromatic carbocycles. The molecule has 2 aromatic rings. The summed E-state index contributed by atoms with van der Waals surface area (Å²) in [4.78, 5) is 0. The van der Waals surface area contributed by atoms with Gasteiger partial charge < -0.3 is 5.32 Å². The summed E-state index contributed by atoms with van der Waals surface area (Å²) in [6.45, 7) is 9.33. The van der Waals surface area contributed by atoms with Crippen molar-refractivity contribution in [3.8, 4) is 6.07 Å². The monoisotopic (exact) mass is 278 g/mol. The van der Waals surface area contributed by atoms with Crippen LogP contribution in [-0.2, 0) is 12.0 Å². The summed E-state index contributed by atoms with van der Waals surface area (Å²) < 4.78 is 0. The molecule has 0 aromatic heterocycles. The van der Waals surface area contributed by atoms with E-state index in [2.05, 4.69) is 56.4 Å². The van der Waals surface area contributed by atoms with Crippen LogP contribution in [0.4, 0.5) is 5.69 Å². The lowest BCUT2D eigenvalue weighted by Crippen LogP contribution is -2.11. The zero-order chi connectivity index (χ0) is 15.5. The third-order valence-electron chi connectivity index (χ3n) is 3.69. The molecule has 0 atom stereocenters. The second kappa shape index (κ2) is 6.01. The molecule has 0 heterocycles. The highest BCUT2D eigenvalue weighted by Crippen LogP contribution is 2.23. The Morgan fingerprint density at radius 3 is 2.29 bits per heavy atom. The van der Waals surface area contributed by atoms with Crippen molar-refractivity contribution in [3.63, 3.8) is 0 Å². The van der Waals surface area contributed by atoms with E-state index < -0.39 is 0 Å². The molecule has 1 N–H and O–H groups in total. The smallest absolute Gasteiger partial charge is 0.102 e. The first kappa shape index (κ1) is 15.1. The van der Waals surface area contributed by atoms with Crippen LogP contribution in [0.5, 0.6) is 0 Å². The Bertz CT molecular complexity index is 655. The maximum atomic E-state index is 9.23. The van der Waals surface area contributed by atoms with Crippen molar-refractivity contribution in [2.75, 3.05) is 5.32 Å². The van der Waals surface area contributed by atoms with E-state index >= 15 is 0 Å². The molecule has 0 amide bonds. The van der Waals surface area contributed by atoms with Crippen LogP contribution < -0.4 is 5.32 Å². The molecule has 2 heteroatoms. The molecule has 21 heavy (non-hydrogen) atoms. The highest BCUT2D eigenvalue weighted by molar-refractivity contribution is 5.60. The molecule has 0 aliphatic carbocycles. The van der Waals surface area contributed by atoms with Gasteiger partial charge in [0.15, 0.2) is 0 Å². The number of nitriles is 1. The maximum Gasteiger partial charge on any atom is 0.102 e. The van der Waals surface area contributed by atoms with Crippen molar-refractivity contribution < 1.29 is 0 Å². The van der Waals surface area contributed by atoms with E-state index in [1.807, 2.05) is 25.1 Å². The van der Waals surface area contributed by atoms with Crippen LogP contribution in [0.15, 0.2) is 42.5 Å². The number of nitrogens with one attached hydrogen (secondary N) is 1. The van der Waals surface area contributed by atoms with Crippen LogP contribution in [-0.4, -0.2) is 0 Å². The van der Waals surface area contributed by atoms with Gasteiger partial charge in [0, 0.05) is 6.54 Å². The minimum absolute atomic E-state index is 0.177. The normalized spacial score (nSPS) is 11.0. The van der Waals surface area contributed by atoms with Gasteiger partial charge in [-0.05, 0) is 35.1 Å². The molecule has 0 aliphatic heterocycles. The average Bonchev–Trinajstić information content (AvgIpc) is 2.44. The summed E-state index contributed by atoms with van der Waals surface area (Å²) in [6.07, 6.45) is 0. The predicted octanol–water partition coefficient (Wildman–Crippen LogP) is 4.78. The van der Waals surface area contributed by atoms with Crippen molar-refractivity contribution >= 4 is 5.69 Å². The topological polar surface area (TPSA) is 35.8 Å². The Morgan fingerprint density at radius 2 is 1.71 bits per heavy atom. The van der Waals surface area contributed by atoms with Gasteiger partial charge in [-0.2, -0.15) is 5.26 Å². The third-order valence-corrected chi connectivity index (χ3v) is 3.69. The van der Waals surface area contributed by atoms with E-state index in [0.717, 1.165) is 23.4 Å². The van der Waals surface area contributed by atoms with Crippen molar-refractivity contribution in [3.05, 3.63) is 64.7 Å². The van der Waals surface area contributed by atoms with Gasteiger partial charge in [-0.15, -0.1) is 0 Å². The molecular formula is C19H22N2. The number of benzene rings is 2. The highest BCUT2D eigenvalue weighted by atomic mass is 14.9. The molecule has 0 unspecified atom stereocenters. The highest BCUT2D eigenvalue weighted by Gasteiger charge is 2.12. The van der Waals surface area contributed by atoms with Crippen LogP contribution in [0.25, 0.3) is 0 Å². The zero-order valence-electron chi connectivity index (χ0n) is 13.2. The molecule has 0 saturated carbocycles. The van der Waals surface area contributed by atoms with Gasteiger partial charge in [0.25, 0.3) is 0 Å². The van der Waals surface area contributed by atoms with E-state index in [-0.39, 0.29) is 5.41 Å². The third kappa shape index (κ3) is 3.64. The van der Waals surface area contributed by atoms with E-state index in [1.54, 1.807) is 0 Å². The lowest BCUT2D eigenvalue weighted by atomic mass is 9.87. The number of aryl methyl sites for hydroxylation is 1. The maximum absolute atomic E-state index is 9.23. The largest absolute Gasteiger partial charge is 0.380 e. The first-order valence-corrected chi connectivity index (χ1v) is 7.25. The van der Waals surface area contributed by atoms with Gasteiger partial charge in [-0.3, -0.25) is 0 Å². The van der Waals surface area contributed by atoms with Crippen molar-refractivity contribution in [1.82, 2.24) is 0 Å². The molecule has 108 valence electrons. The lowest BCUT2D eigenvalue weighted by molar-refractivity contribution is 0.590. The van der Waals surface area contributed by atoms with Crippen LogP contribution in [0.1, 0.15) is 43.0 Å². The molecule has 2 rings (SSSR count). The Morgan fingerprint density at radius 1 is 1.05 bits per heavy atom. The molecule has 0 bridgehead atoms. The van der Waals surface area contributed by atoms with Crippen molar-refractivity contribution in [2.24, 2.45) is 0 Å². The van der Waals surface area contributed by atoms with Crippen LogP contribution >= 0.6 is 0 Å². The zero-order valence-corrected chi connectivity index (χ0v) is 13.2. The molecule has 0 saturated heterocycles. The second-order valence-corrected chi connectivity index (χ2v) is 6.41. The van der Waals surface area contributed by atoms with E-state index in [0.29, 0.717) is 0 Å². The number of nitrogens with zero attached hydrogens (tertiary/aromatic N) is 1. The van der Waals surface area contributed by atoms with Crippen molar-refractivity contribution in [1.29, 1.82) is 5.26 Å². The molecule has 0 radical (unpaired) electrons. The van der Waals surface area contributed by atoms with Gasteiger partial charge in [0.05, 0.1) is 11.3 Å². The number of rotatable bonds is 3. The SMILES string of the molecule is Cc1cccc(NCc2ccc(C(C)(C)C)cc2)c1C#N. The predicted molar refractivity (Wildman–Crippen MR) is 88.4 cm³/mol. The minimum Gasteiger partial charge on any atom is -0.380 e. The summed E-state index contributed by atoms with van der Waals surface area (Å²) in [7, 11) is 0. The molecular weight excluding hydrogens is 256 g/mol. The van der Waals surface area contributed by atoms with Crippen LogP contribution in [0, 0.1) is 18.3 Å². The average molecular weight is 278 g/mol. The van der Waals surface area contributed by atoms with E-state index in [9.17, 15) is 5.26 Å². The summed E-state index contributed by atoms with van der Waals surface area (Å²) in [5, 5.41) is 12.6. The van der Waals surface area contributed by atoms with Crippen LogP contribution in [0.2, 0.25) is 0 Å². The molecule has 0 aliphatic rings. The Balaban J connectivity index is 2.11. The minimum atomic E-state index is 0.177. The van der Waals surface area contributed by atoms with E-state index in [4.69, 9.17) is 0 Å². The van der Waals surface area contributed by atoms with E-state index in [1.165, 1.54) is 11.1 Å². The summed E-state index contributed by atoms with van der Waals surface area (Å²) in [5.41, 5.74) is 5.36. The Hall–Kier alpha value is -2.27. The molecule has 0 spiro atoms. The Kier molecular flexibility index (Phi) is 4.33. The summed E-state index contributed by atoms with van der Waals surface area (Å²) in [6, 6.07) is 16.8. The fraction of sp³-hybridized carbons (Fsp3) is 0.316. The van der Waals surface area contributed by atoms with Gasteiger partial charge in [-0.25, -0.2) is 0 Å². The molecule has 0 fully saturated rings. The molecule has 2 nitrogen and oxygen atoms in total. The number of hydrogen-bond acceptors (Lipinski definition) is 2. The van der Waals surface area contributed by atoms with Gasteiger partial charge >= 0.3 is 0 Å². The standard InChI is InChI=1S/C19H22N2/c1-14-6-5-7-18(17(14)12-20)21-13-15-8-10-16(11-9-15)19(2,3)4/h5-11,21H,13H2,1-4H3. The quantitative estimate of drug-likeness (QED) is 0.877.